The number of anilines is 1. The minimum absolute atomic E-state index is 0.120. The number of hydrogen-bond donors (Lipinski definition) is 1. The lowest BCUT2D eigenvalue weighted by atomic mass is 9.92. The first-order valence-corrected chi connectivity index (χ1v) is 9.90. The fraction of sp³-hybridized carbons (Fsp3) is 0.476. The Labute approximate surface area is 160 Å². The first-order valence-electron chi connectivity index (χ1n) is 9.90. The summed E-state index contributed by atoms with van der Waals surface area (Å²) in [6.07, 6.45) is 7.16. The standard InChI is InChI=1S/C21H27N5O/c27-20(25-11-13-26(14-12-25)21-23-9-2-10-24-21)19-6-4-17(5-7-19)15-18-3-1-8-22-16-18/h2,4-7,9-10,18,22H,1,3,8,11-16H2. The van der Waals surface area contributed by atoms with Crippen molar-refractivity contribution in [1.29, 1.82) is 0 Å². The second-order valence-electron chi connectivity index (χ2n) is 7.44. The molecule has 1 aromatic carbocycles. The molecule has 2 aromatic rings. The van der Waals surface area contributed by atoms with E-state index in [-0.39, 0.29) is 5.91 Å². The molecule has 1 N–H and O–H groups in total. The third-order valence-electron chi connectivity index (χ3n) is 5.53. The van der Waals surface area contributed by atoms with Crippen LogP contribution in [0.15, 0.2) is 42.7 Å². The normalized spacial score (nSPS) is 20.5. The highest BCUT2D eigenvalue weighted by molar-refractivity contribution is 5.94. The van der Waals surface area contributed by atoms with Gasteiger partial charge in [-0.15, -0.1) is 0 Å². The molecule has 1 aromatic heterocycles. The van der Waals surface area contributed by atoms with Crippen LogP contribution in [0.25, 0.3) is 0 Å². The van der Waals surface area contributed by atoms with E-state index in [9.17, 15) is 4.79 Å². The lowest BCUT2D eigenvalue weighted by molar-refractivity contribution is 0.0746. The zero-order chi connectivity index (χ0) is 18.5. The average molecular weight is 365 g/mol. The quantitative estimate of drug-likeness (QED) is 0.898. The largest absolute Gasteiger partial charge is 0.337 e. The molecule has 0 bridgehead atoms. The highest BCUT2D eigenvalue weighted by Crippen LogP contribution is 2.18. The average Bonchev–Trinajstić information content (AvgIpc) is 2.75. The van der Waals surface area contributed by atoms with Gasteiger partial charge in [-0.1, -0.05) is 12.1 Å². The van der Waals surface area contributed by atoms with Gasteiger partial charge in [0.15, 0.2) is 0 Å². The Bertz CT molecular complexity index is 735. The molecule has 6 nitrogen and oxygen atoms in total. The molecular weight excluding hydrogens is 338 g/mol. The predicted octanol–water partition coefficient (Wildman–Crippen LogP) is 1.98. The van der Waals surface area contributed by atoms with E-state index in [1.807, 2.05) is 23.1 Å². The maximum Gasteiger partial charge on any atom is 0.253 e. The van der Waals surface area contributed by atoms with Crippen LogP contribution >= 0.6 is 0 Å². The second kappa shape index (κ2) is 8.48. The Morgan fingerprint density at radius 1 is 1.07 bits per heavy atom. The van der Waals surface area contributed by atoms with Crippen molar-refractivity contribution in [3.8, 4) is 0 Å². The number of rotatable bonds is 4. The van der Waals surface area contributed by atoms with Crippen molar-refractivity contribution in [2.75, 3.05) is 44.2 Å². The molecule has 2 aliphatic rings. The zero-order valence-corrected chi connectivity index (χ0v) is 15.7. The van der Waals surface area contributed by atoms with Gasteiger partial charge >= 0.3 is 0 Å². The van der Waals surface area contributed by atoms with E-state index in [4.69, 9.17) is 0 Å². The number of piperidine rings is 1. The van der Waals surface area contributed by atoms with Crippen molar-refractivity contribution in [2.45, 2.75) is 19.3 Å². The summed E-state index contributed by atoms with van der Waals surface area (Å²) in [7, 11) is 0. The van der Waals surface area contributed by atoms with E-state index in [1.54, 1.807) is 12.4 Å². The third-order valence-corrected chi connectivity index (χ3v) is 5.53. The van der Waals surface area contributed by atoms with Crippen molar-refractivity contribution in [2.24, 2.45) is 5.92 Å². The summed E-state index contributed by atoms with van der Waals surface area (Å²) in [6, 6.07) is 10.0. The first-order chi connectivity index (χ1) is 13.3. The molecule has 1 amide bonds. The number of hydrogen-bond acceptors (Lipinski definition) is 5. The monoisotopic (exact) mass is 365 g/mol. The molecule has 0 aliphatic carbocycles. The van der Waals surface area contributed by atoms with E-state index >= 15 is 0 Å². The third kappa shape index (κ3) is 4.45. The van der Waals surface area contributed by atoms with Crippen LogP contribution in [0.1, 0.15) is 28.8 Å². The van der Waals surface area contributed by atoms with Gasteiger partial charge in [0.2, 0.25) is 5.95 Å². The summed E-state index contributed by atoms with van der Waals surface area (Å²) in [6.45, 7) is 5.19. The fourth-order valence-corrected chi connectivity index (χ4v) is 3.96. The molecule has 2 fully saturated rings. The summed E-state index contributed by atoms with van der Waals surface area (Å²) < 4.78 is 0. The molecule has 6 heteroatoms. The van der Waals surface area contributed by atoms with E-state index in [0.717, 1.165) is 44.1 Å². The van der Waals surface area contributed by atoms with E-state index in [2.05, 4.69) is 32.3 Å². The maximum absolute atomic E-state index is 12.8. The molecule has 142 valence electrons. The van der Waals surface area contributed by atoms with E-state index < -0.39 is 0 Å². The van der Waals surface area contributed by atoms with Gasteiger partial charge in [-0.2, -0.15) is 0 Å². The van der Waals surface area contributed by atoms with Crippen molar-refractivity contribution < 1.29 is 4.79 Å². The van der Waals surface area contributed by atoms with Crippen LogP contribution in [0.5, 0.6) is 0 Å². The van der Waals surface area contributed by atoms with Crippen LogP contribution in [0.4, 0.5) is 5.95 Å². The summed E-state index contributed by atoms with van der Waals surface area (Å²) in [5, 5.41) is 3.47. The van der Waals surface area contributed by atoms with Gasteiger partial charge in [-0.3, -0.25) is 4.79 Å². The van der Waals surface area contributed by atoms with Crippen molar-refractivity contribution in [3.05, 3.63) is 53.9 Å². The molecule has 2 aliphatic heterocycles. The molecule has 0 saturated carbocycles. The van der Waals surface area contributed by atoms with Gasteiger partial charge in [0, 0.05) is 44.1 Å². The molecule has 2 saturated heterocycles. The molecule has 1 atom stereocenters. The van der Waals surface area contributed by atoms with Gasteiger partial charge in [-0.05, 0) is 62.0 Å². The highest BCUT2D eigenvalue weighted by atomic mass is 16.2. The number of piperazine rings is 1. The van der Waals surface area contributed by atoms with Crippen molar-refractivity contribution >= 4 is 11.9 Å². The molecular formula is C21H27N5O. The van der Waals surface area contributed by atoms with Crippen LogP contribution in [-0.2, 0) is 6.42 Å². The van der Waals surface area contributed by atoms with E-state index in [0.29, 0.717) is 19.0 Å². The minimum Gasteiger partial charge on any atom is -0.337 e. The Hall–Kier alpha value is -2.47. The second-order valence-corrected chi connectivity index (χ2v) is 7.44. The number of aromatic nitrogens is 2. The maximum atomic E-state index is 12.8. The molecule has 1 unspecified atom stereocenters. The SMILES string of the molecule is O=C(c1ccc(CC2CCCNC2)cc1)N1CCN(c2ncccn2)CC1. The number of amides is 1. The molecule has 0 spiro atoms. The Morgan fingerprint density at radius 3 is 2.48 bits per heavy atom. The first kappa shape index (κ1) is 17.9. The minimum atomic E-state index is 0.120. The topological polar surface area (TPSA) is 61.4 Å². The molecule has 4 rings (SSSR count). The van der Waals surface area contributed by atoms with Crippen LogP contribution in [-0.4, -0.2) is 60.0 Å². The fourth-order valence-electron chi connectivity index (χ4n) is 3.96. The number of carbonyl (C=O) groups excluding carboxylic acids is 1. The zero-order valence-electron chi connectivity index (χ0n) is 15.7. The number of carbonyl (C=O) groups is 1. The van der Waals surface area contributed by atoms with Crippen molar-refractivity contribution in [1.82, 2.24) is 20.2 Å². The lowest BCUT2D eigenvalue weighted by Gasteiger charge is -2.34. The lowest BCUT2D eigenvalue weighted by Crippen LogP contribution is -2.49. The Morgan fingerprint density at radius 2 is 1.81 bits per heavy atom. The summed E-state index contributed by atoms with van der Waals surface area (Å²) in [5.74, 6) is 1.58. The molecule has 0 radical (unpaired) electrons. The summed E-state index contributed by atoms with van der Waals surface area (Å²) in [5.41, 5.74) is 2.11. The summed E-state index contributed by atoms with van der Waals surface area (Å²) >= 11 is 0. The Kier molecular flexibility index (Phi) is 5.63. The number of benzene rings is 1. The number of nitrogens with zero attached hydrogens (tertiary/aromatic N) is 4. The molecule has 27 heavy (non-hydrogen) atoms. The number of nitrogens with one attached hydrogen (secondary N) is 1. The molecule has 3 heterocycles. The van der Waals surface area contributed by atoms with Gasteiger partial charge in [0.1, 0.15) is 0 Å². The Balaban J connectivity index is 1.32. The van der Waals surface area contributed by atoms with Gasteiger partial charge in [0.25, 0.3) is 5.91 Å². The smallest absolute Gasteiger partial charge is 0.253 e. The van der Waals surface area contributed by atoms with E-state index in [1.165, 1.54) is 18.4 Å². The van der Waals surface area contributed by atoms with Crippen molar-refractivity contribution in [3.63, 3.8) is 0 Å². The summed E-state index contributed by atoms with van der Waals surface area (Å²) in [4.78, 5) is 25.5. The van der Waals surface area contributed by atoms with Crippen LogP contribution in [0.2, 0.25) is 0 Å². The van der Waals surface area contributed by atoms with Gasteiger partial charge < -0.3 is 15.1 Å². The van der Waals surface area contributed by atoms with Gasteiger partial charge in [0.05, 0.1) is 0 Å². The van der Waals surface area contributed by atoms with Crippen LogP contribution in [0.3, 0.4) is 0 Å². The van der Waals surface area contributed by atoms with Gasteiger partial charge in [-0.25, -0.2) is 9.97 Å². The predicted molar refractivity (Wildman–Crippen MR) is 106 cm³/mol. The highest BCUT2D eigenvalue weighted by Gasteiger charge is 2.23. The van der Waals surface area contributed by atoms with Crippen LogP contribution < -0.4 is 10.2 Å². The van der Waals surface area contributed by atoms with Crippen LogP contribution in [0, 0.1) is 5.92 Å².